The molecular formula is C19H18F5N5O3S. The van der Waals surface area contributed by atoms with Gasteiger partial charge in [-0.15, -0.1) is 0 Å². The Labute approximate surface area is 185 Å². The lowest BCUT2D eigenvalue weighted by molar-refractivity contribution is -0.154. The average Bonchev–Trinajstić information content (AvgIpc) is 2.71. The van der Waals surface area contributed by atoms with E-state index >= 15 is 0 Å². The van der Waals surface area contributed by atoms with Gasteiger partial charge in [-0.25, -0.2) is 36.5 Å². The smallest absolute Gasteiger partial charge is 0.422 e. The topological polar surface area (TPSA) is 111 Å². The van der Waals surface area contributed by atoms with Crippen LogP contribution in [0, 0.1) is 5.82 Å². The number of hydrogen-bond donors (Lipinski definition) is 1. The van der Waals surface area contributed by atoms with Crippen molar-refractivity contribution in [3.8, 4) is 5.88 Å². The zero-order valence-corrected chi connectivity index (χ0v) is 18.1. The molecule has 1 aliphatic heterocycles. The highest BCUT2D eigenvalue weighted by molar-refractivity contribution is 7.89. The molecule has 0 saturated heterocycles. The van der Waals surface area contributed by atoms with Crippen LogP contribution in [0.25, 0.3) is 11.9 Å². The van der Waals surface area contributed by atoms with Gasteiger partial charge in [0.2, 0.25) is 21.9 Å². The summed E-state index contributed by atoms with van der Waals surface area (Å²) in [4.78, 5) is 11.3. The average molecular weight is 491 g/mol. The standard InChI is InChI=1S/C19H18F5N5O3S/c1-18(10-33(30,31)29(2)17(25)28-18)12-5-11(3-4-13(12)20)6-14(21)15-7-27-16(8-26-15)32-9-19(22,23)24/h3-8H,9-10H2,1-2H3,(H2,25,28). The molecule has 0 bridgehead atoms. The molecule has 1 aliphatic rings. The molecule has 0 aliphatic carbocycles. The third-order valence-electron chi connectivity index (χ3n) is 4.69. The minimum Gasteiger partial charge on any atom is -0.467 e. The molecule has 0 fully saturated rings. The highest BCUT2D eigenvalue weighted by Gasteiger charge is 2.41. The van der Waals surface area contributed by atoms with Crippen LogP contribution in [0.4, 0.5) is 22.0 Å². The number of aromatic nitrogens is 2. The van der Waals surface area contributed by atoms with Crippen LogP contribution in [0.5, 0.6) is 5.88 Å². The molecule has 0 radical (unpaired) electrons. The van der Waals surface area contributed by atoms with Crippen molar-refractivity contribution < 1.29 is 35.1 Å². The third-order valence-corrected chi connectivity index (χ3v) is 6.63. The second-order valence-electron chi connectivity index (χ2n) is 7.34. The molecular weight excluding hydrogens is 473 g/mol. The first-order chi connectivity index (χ1) is 15.2. The van der Waals surface area contributed by atoms with E-state index in [0.29, 0.717) is 0 Å². The Morgan fingerprint density at radius 1 is 1.30 bits per heavy atom. The fourth-order valence-electron chi connectivity index (χ4n) is 3.02. The number of rotatable bonds is 5. The number of halogens is 5. The Hall–Kier alpha value is -3.29. The zero-order valence-electron chi connectivity index (χ0n) is 17.3. The second-order valence-corrected chi connectivity index (χ2v) is 9.34. The normalized spacial score (nSPS) is 21.0. The number of alkyl halides is 3. The first-order valence-electron chi connectivity index (χ1n) is 9.21. The van der Waals surface area contributed by atoms with Crippen LogP contribution < -0.4 is 10.5 Å². The van der Waals surface area contributed by atoms with Crippen LogP contribution in [0.2, 0.25) is 0 Å². The molecule has 1 unspecified atom stereocenters. The summed E-state index contributed by atoms with van der Waals surface area (Å²) in [5.74, 6) is -3.02. The van der Waals surface area contributed by atoms with Crippen molar-refractivity contribution in [1.82, 2.24) is 14.3 Å². The van der Waals surface area contributed by atoms with E-state index in [1.165, 1.54) is 26.1 Å². The molecule has 1 aromatic carbocycles. The zero-order chi connectivity index (χ0) is 24.6. The number of aliphatic imine (C=N–C) groups is 1. The number of guanidine groups is 1. The molecule has 1 atom stereocenters. The van der Waals surface area contributed by atoms with Gasteiger partial charge in [-0.05, 0) is 30.7 Å². The van der Waals surface area contributed by atoms with E-state index in [-0.39, 0.29) is 22.8 Å². The van der Waals surface area contributed by atoms with E-state index in [4.69, 9.17) is 5.73 Å². The quantitative estimate of drug-likeness (QED) is 0.644. The highest BCUT2D eigenvalue weighted by atomic mass is 32.2. The monoisotopic (exact) mass is 491 g/mol. The Morgan fingerprint density at radius 3 is 2.58 bits per heavy atom. The molecule has 14 heteroatoms. The van der Waals surface area contributed by atoms with Crippen molar-refractivity contribution in [2.24, 2.45) is 10.7 Å². The van der Waals surface area contributed by atoms with Crippen molar-refractivity contribution in [1.29, 1.82) is 0 Å². The van der Waals surface area contributed by atoms with Gasteiger partial charge in [0.1, 0.15) is 17.1 Å². The molecule has 8 nitrogen and oxygen atoms in total. The van der Waals surface area contributed by atoms with Gasteiger partial charge >= 0.3 is 6.18 Å². The van der Waals surface area contributed by atoms with Gasteiger partial charge in [-0.2, -0.15) is 13.2 Å². The van der Waals surface area contributed by atoms with Crippen LogP contribution in [-0.4, -0.2) is 54.2 Å². The number of nitrogens with zero attached hydrogens (tertiary/aromatic N) is 4. The van der Waals surface area contributed by atoms with Crippen LogP contribution in [0.15, 0.2) is 35.6 Å². The molecule has 2 N–H and O–H groups in total. The summed E-state index contributed by atoms with van der Waals surface area (Å²) in [6.07, 6.45) is -1.89. The Kier molecular flexibility index (Phi) is 6.33. The van der Waals surface area contributed by atoms with Gasteiger partial charge in [0.25, 0.3) is 0 Å². The third kappa shape index (κ3) is 5.56. The summed E-state index contributed by atoms with van der Waals surface area (Å²) in [6.45, 7) is -0.188. The first-order valence-corrected chi connectivity index (χ1v) is 10.8. The first kappa shape index (κ1) is 24.4. The van der Waals surface area contributed by atoms with E-state index in [1.54, 1.807) is 0 Å². The van der Waals surface area contributed by atoms with E-state index in [1.807, 2.05) is 0 Å². The minimum atomic E-state index is -4.57. The van der Waals surface area contributed by atoms with Crippen LogP contribution in [-0.2, 0) is 15.6 Å². The van der Waals surface area contributed by atoms with Crippen molar-refractivity contribution in [2.45, 2.75) is 18.6 Å². The maximum Gasteiger partial charge on any atom is 0.422 e. The summed E-state index contributed by atoms with van der Waals surface area (Å²) in [5, 5.41) is 0. The van der Waals surface area contributed by atoms with Crippen LogP contribution >= 0.6 is 0 Å². The Balaban J connectivity index is 1.89. The Morgan fingerprint density at radius 2 is 2.00 bits per heavy atom. The minimum absolute atomic E-state index is 0.120. The molecule has 1 aromatic heterocycles. The lowest BCUT2D eigenvalue weighted by atomic mass is 9.92. The fourth-order valence-corrected chi connectivity index (χ4v) is 4.47. The van der Waals surface area contributed by atoms with E-state index in [2.05, 4.69) is 19.7 Å². The number of benzene rings is 1. The number of ether oxygens (including phenoxy) is 1. The lowest BCUT2D eigenvalue weighted by Gasteiger charge is -2.34. The van der Waals surface area contributed by atoms with E-state index in [0.717, 1.165) is 28.8 Å². The summed E-state index contributed by atoms with van der Waals surface area (Å²) in [7, 11) is -2.64. The van der Waals surface area contributed by atoms with Gasteiger partial charge in [0.05, 0.1) is 18.1 Å². The maximum absolute atomic E-state index is 14.6. The maximum atomic E-state index is 14.6. The van der Waals surface area contributed by atoms with Gasteiger partial charge in [-0.1, -0.05) is 6.07 Å². The number of hydrogen-bond acceptors (Lipinski definition) is 7. The summed E-state index contributed by atoms with van der Waals surface area (Å²) >= 11 is 0. The molecule has 0 amide bonds. The van der Waals surface area contributed by atoms with Gasteiger partial charge < -0.3 is 10.5 Å². The second kappa shape index (κ2) is 8.57. The summed E-state index contributed by atoms with van der Waals surface area (Å²) in [5.41, 5.74) is 3.84. The molecule has 33 heavy (non-hydrogen) atoms. The van der Waals surface area contributed by atoms with E-state index < -0.39 is 51.6 Å². The molecule has 0 spiro atoms. The van der Waals surface area contributed by atoms with E-state index in [9.17, 15) is 30.4 Å². The Bertz CT molecular complexity index is 1220. The SMILES string of the molecule is CN1C(N)=NC(C)(c2cc(C=C(F)c3cnc(OCC(F)(F)F)cn3)ccc2F)CS1(=O)=O. The number of sulfonamides is 1. The molecule has 3 rings (SSSR count). The van der Waals surface area contributed by atoms with Crippen molar-refractivity contribution >= 4 is 27.9 Å². The predicted molar refractivity (Wildman–Crippen MR) is 109 cm³/mol. The van der Waals surface area contributed by atoms with Crippen molar-refractivity contribution in [2.75, 3.05) is 19.4 Å². The molecule has 178 valence electrons. The summed E-state index contributed by atoms with van der Waals surface area (Å²) < 4.78 is 95.6. The lowest BCUT2D eigenvalue weighted by Crippen LogP contribution is -2.50. The van der Waals surface area contributed by atoms with Crippen LogP contribution in [0.1, 0.15) is 23.7 Å². The van der Waals surface area contributed by atoms with Gasteiger partial charge in [0, 0.05) is 12.6 Å². The predicted octanol–water partition coefficient (Wildman–Crippen LogP) is 2.83. The van der Waals surface area contributed by atoms with Crippen molar-refractivity contribution in [3.63, 3.8) is 0 Å². The van der Waals surface area contributed by atoms with Gasteiger partial charge in [-0.3, -0.25) is 0 Å². The molecule has 2 heterocycles. The van der Waals surface area contributed by atoms with Gasteiger partial charge in [0.15, 0.2) is 12.4 Å². The number of nitrogens with two attached hydrogens (primary N) is 1. The largest absolute Gasteiger partial charge is 0.467 e. The fraction of sp³-hybridized carbons (Fsp3) is 0.316. The van der Waals surface area contributed by atoms with Crippen LogP contribution in [0.3, 0.4) is 0 Å². The highest BCUT2D eigenvalue weighted by Crippen LogP contribution is 2.34. The van der Waals surface area contributed by atoms with Crippen molar-refractivity contribution in [3.05, 3.63) is 53.2 Å². The molecule has 2 aromatic rings. The molecule has 0 saturated carbocycles. The summed E-state index contributed by atoms with van der Waals surface area (Å²) in [6, 6.07) is 3.49.